The van der Waals surface area contributed by atoms with Crippen LogP contribution in [0.2, 0.25) is 0 Å². The zero-order chi connectivity index (χ0) is 20.3. The second-order valence-electron chi connectivity index (χ2n) is 8.79. The van der Waals surface area contributed by atoms with E-state index in [1.165, 1.54) is 10.6 Å². The van der Waals surface area contributed by atoms with Gasteiger partial charge in [-0.25, -0.2) is 0 Å². The topological polar surface area (TPSA) is 59.4 Å². The van der Waals surface area contributed by atoms with Gasteiger partial charge in [0.15, 0.2) is 5.96 Å². The minimum Gasteiger partial charge on any atom is -0.375 e. The van der Waals surface area contributed by atoms with Crippen molar-refractivity contribution in [3.05, 3.63) is 34.2 Å². The molecule has 2 saturated heterocycles. The van der Waals surface area contributed by atoms with Crippen molar-refractivity contribution in [1.29, 1.82) is 5.41 Å². The van der Waals surface area contributed by atoms with Crippen LogP contribution in [0.15, 0.2) is 29.3 Å². The fraction of sp³-hybridized carbons (Fsp3) is 0.636. The van der Waals surface area contributed by atoms with Crippen molar-refractivity contribution in [2.75, 3.05) is 19.6 Å². The Morgan fingerprint density at radius 1 is 1.43 bits per heavy atom. The first kappa shape index (κ1) is 20.9. The summed E-state index contributed by atoms with van der Waals surface area (Å²) in [6, 6.07) is 4.31. The molecule has 3 rings (SSSR count). The highest BCUT2D eigenvalue weighted by Crippen LogP contribution is 2.28. The zero-order valence-corrected chi connectivity index (χ0v) is 18.4. The van der Waals surface area contributed by atoms with Gasteiger partial charge in [0.25, 0.3) is 5.91 Å². The Bertz CT molecular complexity index is 719. The maximum atomic E-state index is 12.9. The van der Waals surface area contributed by atoms with Crippen molar-refractivity contribution in [2.45, 2.75) is 58.9 Å². The molecule has 1 unspecified atom stereocenters. The normalized spacial score (nSPS) is 24.4. The van der Waals surface area contributed by atoms with Crippen LogP contribution in [0.5, 0.6) is 0 Å². The highest BCUT2D eigenvalue weighted by molar-refractivity contribution is 7.09. The van der Waals surface area contributed by atoms with E-state index >= 15 is 0 Å². The lowest BCUT2D eigenvalue weighted by atomic mass is 9.90. The van der Waals surface area contributed by atoms with E-state index in [1.807, 2.05) is 18.3 Å². The average Bonchev–Trinajstić information content (AvgIpc) is 3.22. The molecule has 0 aromatic carbocycles. The number of carbonyl (C=O) groups excluding carboxylic acids is 1. The first-order valence-electron chi connectivity index (χ1n) is 10.4. The van der Waals surface area contributed by atoms with Gasteiger partial charge in [0.2, 0.25) is 0 Å². The molecule has 0 radical (unpaired) electrons. The standard InChI is InChI=1S/C22H34N4OS/c1-5-18(13-19-7-6-12-28-19)25-10-8-17(9-11-25)15-26-20(27)22(4,14-16(2)3)24-21(26)23/h5-7,12,16-17H,8-11,13-15H2,1-4H3,(H2,23,24). The van der Waals surface area contributed by atoms with Crippen LogP contribution in [0, 0.1) is 17.2 Å². The number of hydrogen-bond donors (Lipinski definition) is 2. The SMILES string of the molecule is CC=C(Cc1cccs1)N1CCC(CN2C(=N)NC(C)(CC(C)C)C2=O)CC1. The fourth-order valence-electron chi connectivity index (χ4n) is 4.56. The van der Waals surface area contributed by atoms with Crippen LogP contribution in [0.3, 0.4) is 0 Å². The first-order chi connectivity index (χ1) is 13.3. The van der Waals surface area contributed by atoms with Gasteiger partial charge in [-0.3, -0.25) is 15.1 Å². The number of guanidine groups is 1. The molecule has 2 fully saturated rings. The predicted octanol–water partition coefficient (Wildman–Crippen LogP) is 4.08. The van der Waals surface area contributed by atoms with E-state index in [0.29, 0.717) is 18.4 Å². The summed E-state index contributed by atoms with van der Waals surface area (Å²) < 4.78 is 0. The predicted molar refractivity (Wildman–Crippen MR) is 117 cm³/mol. The molecule has 1 aromatic rings. The first-order valence-corrected chi connectivity index (χ1v) is 11.3. The molecule has 2 aliphatic heterocycles. The van der Waals surface area contributed by atoms with Gasteiger partial charge in [0, 0.05) is 36.6 Å². The lowest BCUT2D eigenvalue weighted by Crippen LogP contribution is -2.45. The Balaban J connectivity index is 1.54. The highest BCUT2D eigenvalue weighted by atomic mass is 32.1. The Labute approximate surface area is 173 Å². The van der Waals surface area contributed by atoms with E-state index in [2.05, 4.69) is 54.6 Å². The monoisotopic (exact) mass is 402 g/mol. The van der Waals surface area contributed by atoms with E-state index in [9.17, 15) is 4.79 Å². The molecule has 154 valence electrons. The van der Waals surface area contributed by atoms with Gasteiger partial charge in [-0.1, -0.05) is 26.0 Å². The summed E-state index contributed by atoms with van der Waals surface area (Å²) in [6.45, 7) is 11.0. The molecule has 0 bridgehead atoms. The zero-order valence-electron chi connectivity index (χ0n) is 17.6. The van der Waals surface area contributed by atoms with Gasteiger partial charge in [-0.2, -0.15) is 0 Å². The van der Waals surface area contributed by atoms with Crippen LogP contribution in [0.25, 0.3) is 0 Å². The molecule has 2 N–H and O–H groups in total. The summed E-state index contributed by atoms with van der Waals surface area (Å²) in [6.07, 6.45) is 6.14. The van der Waals surface area contributed by atoms with E-state index in [-0.39, 0.29) is 11.9 Å². The number of amides is 1. The number of nitrogens with zero attached hydrogens (tertiary/aromatic N) is 2. The fourth-order valence-corrected chi connectivity index (χ4v) is 5.28. The molecule has 0 spiro atoms. The van der Waals surface area contributed by atoms with Crippen molar-refractivity contribution in [2.24, 2.45) is 11.8 Å². The largest absolute Gasteiger partial charge is 0.375 e. The third-order valence-corrected chi connectivity index (χ3v) is 6.80. The molecule has 5 nitrogen and oxygen atoms in total. The van der Waals surface area contributed by atoms with Crippen molar-refractivity contribution in [3.63, 3.8) is 0 Å². The molecule has 1 amide bonds. The number of rotatable bonds is 7. The van der Waals surface area contributed by atoms with Crippen molar-refractivity contribution in [3.8, 4) is 0 Å². The van der Waals surface area contributed by atoms with E-state index in [4.69, 9.17) is 5.41 Å². The van der Waals surface area contributed by atoms with Gasteiger partial charge in [-0.05, 0) is 56.4 Å². The summed E-state index contributed by atoms with van der Waals surface area (Å²) in [4.78, 5) is 18.5. The Morgan fingerprint density at radius 3 is 2.71 bits per heavy atom. The summed E-state index contributed by atoms with van der Waals surface area (Å²) >= 11 is 1.81. The Morgan fingerprint density at radius 2 is 2.14 bits per heavy atom. The van der Waals surface area contributed by atoms with Crippen LogP contribution in [-0.2, 0) is 11.2 Å². The van der Waals surface area contributed by atoms with Crippen LogP contribution >= 0.6 is 11.3 Å². The lowest BCUT2D eigenvalue weighted by Gasteiger charge is -2.36. The van der Waals surface area contributed by atoms with E-state index in [1.54, 1.807) is 4.90 Å². The summed E-state index contributed by atoms with van der Waals surface area (Å²) in [5, 5.41) is 13.6. The number of hydrogen-bond acceptors (Lipinski definition) is 4. The second-order valence-corrected chi connectivity index (χ2v) is 9.82. The maximum absolute atomic E-state index is 12.9. The molecule has 1 atom stereocenters. The molecule has 0 aliphatic carbocycles. The summed E-state index contributed by atoms with van der Waals surface area (Å²) in [7, 11) is 0. The molecule has 28 heavy (non-hydrogen) atoms. The van der Waals surface area contributed by atoms with Crippen LogP contribution in [0.1, 0.15) is 51.8 Å². The molecule has 0 saturated carbocycles. The van der Waals surface area contributed by atoms with Crippen molar-refractivity contribution >= 4 is 23.2 Å². The molecule has 2 aliphatic rings. The van der Waals surface area contributed by atoms with Gasteiger partial charge >= 0.3 is 0 Å². The minimum atomic E-state index is -0.620. The van der Waals surface area contributed by atoms with Crippen molar-refractivity contribution < 1.29 is 4.79 Å². The Hall–Kier alpha value is -1.82. The number of thiophene rings is 1. The van der Waals surface area contributed by atoms with Gasteiger partial charge < -0.3 is 10.2 Å². The van der Waals surface area contributed by atoms with Crippen LogP contribution in [-0.4, -0.2) is 46.8 Å². The van der Waals surface area contributed by atoms with E-state index in [0.717, 1.165) is 38.8 Å². The third-order valence-electron chi connectivity index (χ3n) is 5.93. The Kier molecular flexibility index (Phi) is 6.48. The van der Waals surface area contributed by atoms with Gasteiger partial charge in [0.1, 0.15) is 5.54 Å². The molecule has 6 heteroatoms. The minimum absolute atomic E-state index is 0.0699. The number of likely N-dealkylation sites (tertiary alicyclic amines) is 1. The van der Waals surface area contributed by atoms with E-state index < -0.39 is 5.54 Å². The third kappa shape index (κ3) is 4.59. The maximum Gasteiger partial charge on any atom is 0.254 e. The van der Waals surface area contributed by atoms with Crippen LogP contribution < -0.4 is 5.32 Å². The molecule has 1 aromatic heterocycles. The lowest BCUT2D eigenvalue weighted by molar-refractivity contribution is -0.131. The molecular formula is C22H34N4OS. The van der Waals surface area contributed by atoms with Gasteiger partial charge in [-0.15, -0.1) is 11.3 Å². The number of allylic oxidation sites excluding steroid dienone is 2. The molecule has 3 heterocycles. The number of piperidine rings is 1. The van der Waals surface area contributed by atoms with Gasteiger partial charge in [0.05, 0.1) is 0 Å². The van der Waals surface area contributed by atoms with Crippen molar-refractivity contribution in [1.82, 2.24) is 15.1 Å². The summed E-state index contributed by atoms with van der Waals surface area (Å²) in [5.41, 5.74) is 0.780. The number of nitrogens with one attached hydrogen (secondary N) is 2. The highest BCUT2D eigenvalue weighted by Gasteiger charge is 2.46. The average molecular weight is 403 g/mol. The second kappa shape index (κ2) is 8.68. The molecular weight excluding hydrogens is 368 g/mol. The van der Waals surface area contributed by atoms with Crippen LogP contribution in [0.4, 0.5) is 0 Å². The number of carbonyl (C=O) groups is 1. The summed E-state index contributed by atoms with van der Waals surface area (Å²) in [5.74, 6) is 1.23. The smallest absolute Gasteiger partial charge is 0.254 e. The quantitative estimate of drug-likeness (QED) is 0.722.